The van der Waals surface area contributed by atoms with Gasteiger partial charge in [-0.1, -0.05) is 48.0 Å². The van der Waals surface area contributed by atoms with Crippen molar-refractivity contribution in [1.82, 2.24) is 0 Å². The van der Waals surface area contributed by atoms with E-state index in [1.54, 1.807) is 18.2 Å². The van der Waals surface area contributed by atoms with Gasteiger partial charge in [-0.2, -0.15) is 0 Å². The summed E-state index contributed by atoms with van der Waals surface area (Å²) in [6.07, 6.45) is 0.141. The van der Waals surface area contributed by atoms with E-state index in [0.717, 1.165) is 5.56 Å². The second kappa shape index (κ2) is 7.46. The van der Waals surface area contributed by atoms with E-state index < -0.39 is 0 Å². The van der Waals surface area contributed by atoms with Crippen LogP contribution in [0.2, 0.25) is 5.02 Å². The maximum Gasteiger partial charge on any atom is 0.147 e. The van der Waals surface area contributed by atoms with Gasteiger partial charge >= 0.3 is 0 Å². The zero-order valence-electron chi connectivity index (χ0n) is 10.8. The van der Waals surface area contributed by atoms with Crippen LogP contribution in [0.3, 0.4) is 0 Å². The maximum absolute atomic E-state index is 13.4. The normalized spacial score (nSPS) is 10.5. The van der Waals surface area contributed by atoms with Crippen LogP contribution in [0.15, 0.2) is 48.5 Å². The first-order valence-electron chi connectivity index (χ1n) is 6.23. The van der Waals surface area contributed by atoms with Crippen LogP contribution >= 0.6 is 23.4 Å². The molecule has 0 radical (unpaired) electrons. The quantitative estimate of drug-likeness (QED) is 0.780. The predicted molar refractivity (Wildman–Crippen MR) is 82.7 cm³/mol. The van der Waals surface area contributed by atoms with Gasteiger partial charge in [-0.3, -0.25) is 4.79 Å². The Bertz CT molecular complexity index is 601. The molecule has 104 valence electrons. The standard InChI is InChI=1S/C16H14ClFOS/c17-15-7-3-1-6-13(15)10-20-11-14(19)9-12-5-2-4-8-16(12)18/h1-8H,9-11H2. The van der Waals surface area contributed by atoms with Crippen LogP contribution < -0.4 is 0 Å². The van der Waals surface area contributed by atoms with Gasteiger partial charge in [-0.15, -0.1) is 11.8 Å². The number of rotatable bonds is 6. The molecule has 0 atom stereocenters. The molecule has 0 amide bonds. The summed E-state index contributed by atoms with van der Waals surface area (Å²) in [6.45, 7) is 0. The monoisotopic (exact) mass is 308 g/mol. The first-order valence-corrected chi connectivity index (χ1v) is 7.76. The SMILES string of the molecule is O=C(CSCc1ccccc1Cl)Cc1ccccc1F. The van der Waals surface area contributed by atoms with E-state index in [1.807, 2.05) is 24.3 Å². The summed E-state index contributed by atoms with van der Waals surface area (Å²) in [6, 6.07) is 13.9. The summed E-state index contributed by atoms with van der Waals surface area (Å²) >= 11 is 7.54. The minimum absolute atomic E-state index is 0.0205. The van der Waals surface area contributed by atoms with Crippen LogP contribution in [0.5, 0.6) is 0 Å². The van der Waals surface area contributed by atoms with E-state index in [2.05, 4.69) is 0 Å². The predicted octanol–water partition coefficient (Wildman–Crippen LogP) is 4.52. The van der Waals surface area contributed by atoms with Crippen molar-refractivity contribution in [3.63, 3.8) is 0 Å². The summed E-state index contributed by atoms with van der Waals surface area (Å²) in [5.41, 5.74) is 1.47. The van der Waals surface area contributed by atoms with Crippen molar-refractivity contribution in [2.45, 2.75) is 12.2 Å². The Morgan fingerprint density at radius 1 is 1.05 bits per heavy atom. The topological polar surface area (TPSA) is 17.1 Å². The fourth-order valence-corrected chi connectivity index (χ4v) is 2.98. The highest BCUT2D eigenvalue weighted by molar-refractivity contribution is 7.99. The minimum atomic E-state index is -0.322. The highest BCUT2D eigenvalue weighted by Gasteiger charge is 2.08. The highest BCUT2D eigenvalue weighted by atomic mass is 35.5. The molecule has 0 spiro atoms. The first kappa shape index (κ1) is 15.1. The van der Waals surface area contributed by atoms with Gasteiger partial charge in [0.05, 0.1) is 5.75 Å². The van der Waals surface area contributed by atoms with Crippen molar-refractivity contribution in [3.8, 4) is 0 Å². The van der Waals surface area contributed by atoms with Crippen molar-refractivity contribution in [2.75, 3.05) is 5.75 Å². The minimum Gasteiger partial charge on any atom is -0.298 e. The van der Waals surface area contributed by atoms with Gasteiger partial charge in [-0.05, 0) is 23.3 Å². The lowest BCUT2D eigenvalue weighted by Gasteiger charge is -2.04. The molecule has 0 aromatic heterocycles. The fourth-order valence-electron chi connectivity index (χ4n) is 1.80. The van der Waals surface area contributed by atoms with E-state index in [-0.39, 0.29) is 18.0 Å². The average molecular weight is 309 g/mol. The van der Waals surface area contributed by atoms with Crippen LogP contribution in [-0.4, -0.2) is 11.5 Å². The van der Waals surface area contributed by atoms with Crippen LogP contribution in [0.1, 0.15) is 11.1 Å². The number of halogens is 2. The number of hydrogen-bond donors (Lipinski definition) is 0. The largest absolute Gasteiger partial charge is 0.298 e. The van der Waals surface area contributed by atoms with Crippen LogP contribution in [-0.2, 0) is 17.0 Å². The molecule has 0 saturated heterocycles. The van der Waals surface area contributed by atoms with Crippen molar-refractivity contribution >= 4 is 29.1 Å². The van der Waals surface area contributed by atoms with E-state index in [1.165, 1.54) is 17.8 Å². The number of thioether (sulfide) groups is 1. The van der Waals surface area contributed by atoms with Gasteiger partial charge in [0.1, 0.15) is 11.6 Å². The fraction of sp³-hybridized carbons (Fsp3) is 0.188. The van der Waals surface area contributed by atoms with Crippen molar-refractivity contribution in [2.24, 2.45) is 0 Å². The molecular weight excluding hydrogens is 295 g/mol. The molecule has 2 rings (SSSR count). The summed E-state index contributed by atoms with van der Waals surface area (Å²) in [7, 11) is 0. The zero-order chi connectivity index (χ0) is 14.4. The second-order valence-corrected chi connectivity index (χ2v) is 5.78. The summed E-state index contributed by atoms with van der Waals surface area (Å²) in [4.78, 5) is 11.8. The third kappa shape index (κ3) is 4.36. The van der Waals surface area contributed by atoms with Crippen molar-refractivity contribution < 1.29 is 9.18 Å². The Kier molecular flexibility index (Phi) is 5.62. The smallest absolute Gasteiger partial charge is 0.147 e. The van der Waals surface area contributed by atoms with Crippen LogP contribution in [0, 0.1) is 5.82 Å². The molecule has 2 aromatic carbocycles. The molecule has 2 aromatic rings. The summed E-state index contributed by atoms with van der Waals surface area (Å²) in [5.74, 6) is 0.742. The molecule has 0 unspecified atom stereocenters. The number of benzene rings is 2. The number of carbonyl (C=O) groups excluding carboxylic acids is 1. The molecule has 4 heteroatoms. The van der Waals surface area contributed by atoms with Gasteiger partial charge in [0.25, 0.3) is 0 Å². The van der Waals surface area contributed by atoms with E-state index >= 15 is 0 Å². The lowest BCUT2D eigenvalue weighted by Crippen LogP contribution is -2.07. The highest BCUT2D eigenvalue weighted by Crippen LogP contribution is 2.21. The first-order chi connectivity index (χ1) is 9.66. The Morgan fingerprint density at radius 2 is 1.70 bits per heavy atom. The molecule has 0 heterocycles. The van der Waals surface area contributed by atoms with Gasteiger partial charge < -0.3 is 0 Å². The Balaban J connectivity index is 1.82. The third-order valence-corrected chi connectivity index (χ3v) is 4.23. The van der Waals surface area contributed by atoms with E-state index in [0.29, 0.717) is 22.1 Å². The molecule has 20 heavy (non-hydrogen) atoms. The number of carbonyl (C=O) groups is 1. The van der Waals surface area contributed by atoms with Crippen molar-refractivity contribution in [1.29, 1.82) is 0 Å². The Hall–Kier alpha value is -1.32. The maximum atomic E-state index is 13.4. The lowest BCUT2D eigenvalue weighted by atomic mass is 10.1. The van der Waals surface area contributed by atoms with E-state index in [4.69, 9.17) is 11.6 Å². The lowest BCUT2D eigenvalue weighted by molar-refractivity contribution is -0.116. The Morgan fingerprint density at radius 3 is 2.40 bits per heavy atom. The second-order valence-electron chi connectivity index (χ2n) is 4.39. The molecule has 0 bridgehead atoms. The van der Waals surface area contributed by atoms with Gasteiger partial charge in [0, 0.05) is 17.2 Å². The molecule has 0 N–H and O–H groups in total. The number of Topliss-reactive ketones (excluding diaryl/α,β-unsaturated/α-hetero) is 1. The van der Waals surface area contributed by atoms with Gasteiger partial charge in [0.15, 0.2) is 0 Å². The van der Waals surface area contributed by atoms with E-state index in [9.17, 15) is 9.18 Å². The van der Waals surface area contributed by atoms with Crippen LogP contribution in [0.25, 0.3) is 0 Å². The average Bonchev–Trinajstić information content (AvgIpc) is 2.43. The molecule has 0 aliphatic rings. The van der Waals surface area contributed by atoms with Crippen LogP contribution in [0.4, 0.5) is 4.39 Å². The molecule has 0 aliphatic heterocycles. The molecular formula is C16H14ClFOS. The number of hydrogen-bond acceptors (Lipinski definition) is 2. The zero-order valence-corrected chi connectivity index (χ0v) is 12.4. The third-order valence-electron chi connectivity index (χ3n) is 2.82. The molecule has 1 nitrogen and oxygen atoms in total. The summed E-state index contributed by atoms with van der Waals surface area (Å²) < 4.78 is 13.4. The molecule has 0 aliphatic carbocycles. The number of ketones is 1. The van der Waals surface area contributed by atoms with Crippen molar-refractivity contribution in [3.05, 3.63) is 70.5 Å². The molecule has 0 saturated carbocycles. The van der Waals surface area contributed by atoms with Gasteiger partial charge in [0.2, 0.25) is 0 Å². The summed E-state index contributed by atoms with van der Waals surface area (Å²) in [5, 5.41) is 0.710. The Labute approximate surface area is 127 Å². The molecule has 0 fully saturated rings. The van der Waals surface area contributed by atoms with Gasteiger partial charge in [-0.25, -0.2) is 4.39 Å².